The highest BCUT2D eigenvalue weighted by atomic mass is 16.5. The Morgan fingerprint density at radius 2 is 1.86 bits per heavy atom. The molecule has 1 amide bonds. The zero-order valence-corrected chi connectivity index (χ0v) is 16.1. The van der Waals surface area contributed by atoms with E-state index in [1.807, 2.05) is 6.07 Å². The van der Waals surface area contributed by atoms with E-state index in [2.05, 4.69) is 20.2 Å². The maximum absolute atomic E-state index is 12.4. The Morgan fingerprint density at radius 3 is 2.45 bits per heavy atom. The first-order valence-electron chi connectivity index (χ1n) is 9.38. The van der Waals surface area contributed by atoms with Gasteiger partial charge in [-0.3, -0.25) is 4.79 Å². The van der Waals surface area contributed by atoms with Gasteiger partial charge in [-0.2, -0.15) is 5.26 Å². The second-order valence-electron chi connectivity index (χ2n) is 6.43. The Kier molecular flexibility index (Phi) is 6.53. The van der Waals surface area contributed by atoms with Crippen LogP contribution in [0, 0.1) is 11.3 Å². The molecule has 3 rings (SSSR count). The molecular weight excluding hydrogens is 370 g/mol. The van der Waals surface area contributed by atoms with Crippen molar-refractivity contribution in [3.05, 3.63) is 53.4 Å². The van der Waals surface area contributed by atoms with Gasteiger partial charge in [0, 0.05) is 36.7 Å². The molecule has 1 aromatic carbocycles. The molecule has 0 atom stereocenters. The van der Waals surface area contributed by atoms with Crippen LogP contribution in [0.15, 0.2) is 42.2 Å². The third-order valence-electron chi connectivity index (χ3n) is 4.38. The lowest BCUT2D eigenvalue weighted by Crippen LogP contribution is -2.20. The lowest BCUT2D eigenvalue weighted by Gasteiger charge is -2.14. The van der Waals surface area contributed by atoms with Crippen LogP contribution in [0.3, 0.4) is 0 Å². The smallest absolute Gasteiger partial charge is 0.338 e. The Labute approximate surface area is 168 Å². The number of benzene rings is 1. The van der Waals surface area contributed by atoms with Gasteiger partial charge in [-0.05, 0) is 50.1 Å². The second kappa shape index (κ2) is 9.46. The molecule has 0 spiro atoms. The van der Waals surface area contributed by atoms with Gasteiger partial charge in [-0.25, -0.2) is 14.8 Å². The van der Waals surface area contributed by atoms with Gasteiger partial charge in [0.2, 0.25) is 5.95 Å². The number of amides is 1. The average Bonchev–Trinajstić information content (AvgIpc) is 3.28. The van der Waals surface area contributed by atoms with Crippen LogP contribution in [0.4, 0.5) is 11.6 Å². The summed E-state index contributed by atoms with van der Waals surface area (Å²) in [5.74, 6) is -0.329. The van der Waals surface area contributed by atoms with Gasteiger partial charge >= 0.3 is 5.97 Å². The highest BCUT2D eigenvalue weighted by molar-refractivity contribution is 6.09. The highest BCUT2D eigenvalue weighted by Gasteiger charge is 2.15. The molecule has 1 aromatic heterocycles. The molecule has 1 fully saturated rings. The molecule has 29 heavy (non-hydrogen) atoms. The van der Waals surface area contributed by atoms with E-state index in [0.29, 0.717) is 22.8 Å². The van der Waals surface area contributed by atoms with E-state index in [-0.39, 0.29) is 12.2 Å². The second-order valence-corrected chi connectivity index (χ2v) is 6.43. The number of hydrogen-bond donors (Lipinski definition) is 1. The van der Waals surface area contributed by atoms with Gasteiger partial charge in [-0.15, -0.1) is 0 Å². The quantitative estimate of drug-likeness (QED) is 0.458. The fraction of sp³-hybridized carbons (Fsp3) is 0.286. The summed E-state index contributed by atoms with van der Waals surface area (Å²) in [4.78, 5) is 34.8. The maximum Gasteiger partial charge on any atom is 0.338 e. The minimum atomic E-state index is -0.556. The summed E-state index contributed by atoms with van der Waals surface area (Å²) in [5, 5.41) is 12.0. The Hall–Kier alpha value is -3.73. The van der Waals surface area contributed by atoms with E-state index in [4.69, 9.17) is 4.74 Å². The number of nitrogens with zero attached hydrogens (tertiary/aromatic N) is 4. The van der Waals surface area contributed by atoms with Crippen LogP contribution in [-0.4, -0.2) is 41.5 Å². The molecule has 8 heteroatoms. The zero-order valence-electron chi connectivity index (χ0n) is 16.1. The number of aromatic nitrogens is 2. The first-order valence-corrected chi connectivity index (χ1v) is 9.38. The number of nitriles is 1. The van der Waals surface area contributed by atoms with Crippen molar-refractivity contribution in [1.82, 2.24) is 9.97 Å². The molecule has 148 valence electrons. The van der Waals surface area contributed by atoms with E-state index in [1.54, 1.807) is 43.6 Å². The summed E-state index contributed by atoms with van der Waals surface area (Å²) in [6.07, 6.45) is 6.89. The summed E-state index contributed by atoms with van der Waals surface area (Å²) in [5.41, 5.74) is 1.34. The van der Waals surface area contributed by atoms with Crippen molar-refractivity contribution in [3.8, 4) is 6.07 Å². The molecular formula is C21H21N5O3. The molecule has 8 nitrogen and oxygen atoms in total. The summed E-state index contributed by atoms with van der Waals surface area (Å²) in [6, 6.07) is 8.15. The number of nitrogens with one attached hydrogen (secondary N) is 1. The lowest BCUT2D eigenvalue weighted by atomic mass is 10.1. The number of carbonyl (C=O) groups is 2. The SMILES string of the molecule is CCOC(=O)c1ccc(NC(=O)/C(C#N)=C/c2cnc(N3CCCC3)nc2)cc1. The lowest BCUT2D eigenvalue weighted by molar-refractivity contribution is -0.112. The van der Waals surface area contributed by atoms with E-state index in [0.717, 1.165) is 25.9 Å². The predicted molar refractivity (Wildman–Crippen MR) is 108 cm³/mol. The molecule has 2 heterocycles. The van der Waals surface area contributed by atoms with Gasteiger partial charge in [0.05, 0.1) is 12.2 Å². The molecule has 0 unspecified atom stereocenters. The van der Waals surface area contributed by atoms with Crippen molar-refractivity contribution in [2.24, 2.45) is 0 Å². The van der Waals surface area contributed by atoms with Crippen molar-refractivity contribution < 1.29 is 14.3 Å². The molecule has 1 aliphatic heterocycles. The Morgan fingerprint density at radius 1 is 1.21 bits per heavy atom. The molecule has 2 aromatic rings. The number of anilines is 2. The minimum Gasteiger partial charge on any atom is -0.462 e. The summed E-state index contributed by atoms with van der Waals surface area (Å²) >= 11 is 0. The van der Waals surface area contributed by atoms with E-state index in [1.165, 1.54) is 6.08 Å². The molecule has 0 radical (unpaired) electrons. The monoisotopic (exact) mass is 391 g/mol. The standard InChI is InChI=1S/C21H21N5O3/c1-2-29-20(28)16-5-7-18(8-6-16)25-19(27)17(12-22)11-15-13-23-21(24-14-15)26-9-3-4-10-26/h5-8,11,13-14H,2-4,9-10H2,1H3,(H,25,27)/b17-11+. The highest BCUT2D eigenvalue weighted by Crippen LogP contribution is 2.16. The largest absolute Gasteiger partial charge is 0.462 e. The summed E-state index contributed by atoms with van der Waals surface area (Å²) in [6.45, 7) is 3.90. The van der Waals surface area contributed by atoms with Crippen molar-refractivity contribution in [2.75, 3.05) is 29.9 Å². The van der Waals surface area contributed by atoms with Crippen molar-refractivity contribution in [2.45, 2.75) is 19.8 Å². The van der Waals surface area contributed by atoms with Gasteiger partial charge < -0.3 is 15.0 Å². The fourth-order valence-corrected chi connectivity index (χ4v) is 2.90. The first-order chi connectivity index (χ1) is 14.1. The van der Waals surface area contributed by atoms with E-state index >= 15 is 0 Å². The van der Waals surface area contributed by atoms with Gasteiger partial charge in [0.25, 0.3) is 5.91 Å². The molecule has 1 saturated heterocycles. The van der Waals surface area contributed by atoms with Crippen LogP contribution in [0.2, 0.25) is 0 Å². The van der Waals surface area contributed by atoms with Crippen molar-refractivity contribution in [1.29, 1.82) is 5.26 Å². The number of ether oxygens (including phenoxy) is 1. The topological polar surface area (TPSA) is 108 Å². The van der Waals surface area contributed by atoms with Crippen LogP contribution >= 0.6 is 0 Å². The van der Waals surface area contributed by atoms with Gasteiger partial charge in [0.1, 0.15) is 11.6 Å². The van der Waals surface area contributed by atoms with Crippen LogP contribution < -0.4 is 10.2 Å². The fourth-order valence-electron chi connectivity index (χ4n) is 2.90. The van der Waals surface area contributed by atoms with E-state index in [9.17, 15) is 14.9 Å². The predicted octanol–water partition coefficient (Wildman–Crippen LogP) is 2.80. The first kappa shape index (κ1) is 20.0. The summed E-state index contributed by atoms with van der Waals surface area (Å²) in [7, 11) is 0. The van der Waals surface area contributed by atoms with Crippen LogP contribution in [0.1, 0.15) is 35.7 Å². The average molecular weight is 391 g/mol. The normalized spacial score (nSPS) is 13.7. The third kappa shape index (κ3) is 5.17. The van der Waals surface area contributed by atoms with Crippen molar-refractivity contribution >= 4 is 29.6 Å². The number of esters is 1. The third-order valence-corrected chi connectivity index (χ3v) is 4.38. The van der Waals surface area contributed by atoms with Crippen LogP contribution in [0.5, 0.6) is 0 Å². The Balaban J connectivity index is 1.66. The zero-order chi connectivity index (χ0) is 20.6. The molecule has 0 aliphatic carbocycles. The molecule has 0 saturated carbocycles. The minimum absolute atomic E-state index is 0.0722. The maximum atomic E-state index is 12.4. The number of carbonyl (C=O) groups excluding carboxylic acids is 2. The van der Waals surface area contributed by atoms with Crippen LogP contribution in [-0.2, 0) is 9.53 Å². The molecule has 1 aliphatic rings. The molecule has 1 N–H and O–H groups in total. The van der Waals surface area contributed by atoms with Crippen molar-refractivity contribution in [3.63, 3.8) is 0 Å². The number of hydrogen-bond acceptors (Lipinski definition) is 7. The van der Waals surface area contributed by atoms with E-state index < -0.39 is 11.9 Å². The van der Waals surface area contributed by atoms with Gasteiger partial charge in [-0.1, -0.05) is 0 Å². The van der Waals surface area contributed by atoms with Gasteiger partial charge in [0.15, 0.2) is 0 Å². The molecule has 0 bridgehead atoms. The van der Waals surface area contributed by atoms with Crippen LogP contribution in [0.25, 0.3) is 6.08 Å². The Bertz CT molecular complexity index is 940. The summed E-state index contributed by atoms with van der Waals surface area (Å²) < 4.78 is 4.92. The number of rotatable bonds is 6.